The van der Waals surface area contributed by atoms with Gasteiger partial charge in [0.15, 0.2) is 11.6 Å². The van der Waals surface area contributed by atoms with Gasteiger partial charge in [0.25, 0.3) is 0 Å². The fourth-order valence-electron chi connectivity index (χ4n) is 1.79. The Morgan fingerprint density at radius 2 is 2.12 bits per heavy atom. The molecule has 0 saturated heterocycles. The molecule has 0 aromatic carbocycles. The number of nitro groups is 1. The Balaban J connectivity index is 2.65. The van der Waals surface area contributed by atoms with Crippen LogP contribution >= 0.6 is 11.6 Å². The van der Waals surface area contributed by atoms with Gasteiger partial charge in [0.1, 0.15) is 16.8 Å². The molecule has 0 aliphatic carbocycles. The maximum absolute atomic E-state index is 12.7. The van der Waals surface area contributed by atoms with Crippen LogP contribution in [-0.2, 0) is 11.0 Å². The van der Waals surface area contributed by atoms with Crippen LogP contribution in [0, 0.1) is 10.1 Å². The number of nitrogens with zero attached hydrogens (tertiary/aromatic N) is 4. The second-order valence-electron chi connectivity index (χ2n) is 4.60. The molecule has 9 nitrogen and oxygen atoms in total. The number of halogens is 4. The van der Waals surface area contributed by atoms with Gasteiger partial charge in [-0.25, -0.2) is 4.98 Å². The number of pyridine rings is 1. The van der Waals surface area contributed by atoms with E-state index in [0.717, 1.165) is 6.20 Å². The van der Waals surface area contributed by atoms with E-state index in [0.29, 0.717) is 10.9 Å². The molecule has 2 heterocycles. The van der Waals surface area contributed by atoms with Crippen molar-refractivity contribution >= 4 is 29.0 Å². The average molecular weight is 380 g/mol. The monoisotopic (exact) mass is 379 g/mol. The summed E-state index contributed by atoms with van der Waals surface area (Å²) in [6, 6.07) is 0. The number of hydrogen-bond acceptors (Lipinski definition) is 6. The van der Waals surface area contributed by atoms with E-state index in [9.17, 15) is 33.2 Å². The maximum atomic E-state index is 12.7. The quantitative estimate of drug-likeness (QED) is 0.622. The van der Waals surface area contributed by atoms with Crippen molar-refractivity contribution < 1.29 is 28.0 Å². The molecule has 2 aromatic rings. The van der Waals surface area contributed by atoms with E-state index in [1.54, 1.807) is 0 Å². The molecule has 0 fully saturated rings. The van der Waals surface area contributed by atoms with Gasteiger partial charge in [-0.15, -0.1) is 0 Å². The molecule has 2 rings (SSSR count). The van der Waals surface area contributed by atoms with Crippen molar-refractivity contribution in [1.82, 2.24) is 14.8 Å². The summed E-state index contributed by atoms with van der Waals surface area (Å²) >= 11 is 5.71. The summed E-state index contributed by atoms with van der Waals surface area (Å²) in [5.41, 5.74) is -2.11. The summed E-state index contributed by atoms with van der Waals surface area (Å²) in [5, 5.41) is 25.7. The Morgan fingerprint density at radius 3 is 2.64 bits per heavy atom. The molecule has 0 aliphatic heterocycles. The molecule has 0 aliphatic rings. The van der Waals surface area contributed by atoms with E-state index in [-0.39, 0.29) is 6.42 Å². The third-order valence-corrected chi connectivity index (χ3v) is 3.35. The number of anilines is 1. The minimum atomic E-state index is -4.91. The molecule has 25 heavy (non-hydrogen) atoms. The second-order valence-corrected chi connectivity index (χ2v) is 4.98. The molecular weight excluding hydrogens is 371 g/mol. The van der Waals surface area contributed by atoms with Crippen LogP contribution in [0.4, 0.5) is 24.7 Å². The molecule has 0 unspecified atom stereocenters. The number of hydrogen-bond donors (Lipinski definition) is 2. The standard InChI is InChI=1S/C12H9ClF3N5O4/c1-2-7(22)19-10-6(21(24)25)4-18-20(10)11-8(13)9(23)5(3-17-11)12(14,15)16/h3-4H,2H2,1H3,(H,17,23)(H,19,22). The van der Waals surface area contributed by atoms with E-state index in [4.69, 9.17) is 11.6 Å². The first-order valence-electron chi connectivity index (χ1n) is 6.55. The second kappa shape index (κ2) is 6.55. The van der Waals surface area contributed by atoms with E-state index < -0.39 is 50.7 Å². The SMILES string of the molecule is CCC(=O)Nc1c([N+](=O)[O-])cnn1-c1ncc(C(F)(F)F)c(O)c1Cl. The fourth-order valence-corrected chi connectivity index (χ4v) is 2.02. The highest BCUT2D eigenvalue weighted by molar-refractivity contribution is 6.33. The lowest BCUT2D eigenvalue weighted by atomic mass is 10.2. The zero-order valence-electron chi connectivity index (χ0n) is 12.3. The van der Waals surface area contributed by atoms with E-state index in [2.05, 4.69) is 15.4 Å². The van der Waals surface area contributed by atoms with Gasteiger partial charge < -0.3 is 10.4 Å². The van der Waals surface area contributed by atoms with Gasteiger partial charge in [0.2, 0.25) is 11.7 Å². The lowest BCUT2D eigenvalue weighted by Crippen LogP contribution is -2.16. The number of aromatic hydroxyl groups is 1. The van der Waals surface area contributed by atoms with Crippen LogP contribution < -0.4 is 5.32 Å². The first-order chi connectivity index (χ1) is 11.6. The van der Waals surface area contributed by atoms with Crippen LogP contribution in [0.15, 0.2) is 12.4 Å². The molecule has 0 spiro atoms. The van der Waals surface area contributed by atoms with Gasteiger partial charge in [-0.3, -0.25) is 14.9 Å². The Hall–Kier alpha value is -2.89. The van der Waals surface area contributed by atoms with E-state index in [1.807, 2.05) is 0 Å². The molecule has 0 saturated carbocycles. The minimum Gasteiger partial charge on any atom is -0.506 e. The number of alkyl halides is 3. The first kappa shape index (κ1) is 18.4. The zero-order valence-corrected chi connectivity index (χ0v) is 13.1. The van der Waals surface area contributed by atoms with Gasteiger partial charge >= 0.3 is 11.9 Å². The third-order valence-electron chi connectivity index (χ3n) is 3.01. The number of rotatable bonds is 4. The summed E-state index contributed by atoms with van der Waals surface area (Å²) in [6.07, 6.45) is -3.87. The highest BCUT2D eigenvalue weighted by atomic mass is 35.5. The van der Waals surface area contributed by atoms with Gasteiger partial charge in [0.05, 0.1) is 4.92 Å². The smallest absolute Gasteiger partial charge is 0.421 e. The summed E-state index contributed by atoms with van der Waals surface area (Å²) in [4.78, 5) is 25.2. The van der Waals surface area contributed by atoms with Crippen molar-refractivity contribution in [3.8, 4) is 11.6 Å². The van der Waals surface area contributed by atoms with Crippen LogP contribution in [-0.4, -0.2) is 30.7 Å². The minimum absolute atomic E-state index is 0.0260. The van der Waals surface area contributed by atoms with Crippen molar-refractivity contribution in [2.45, 2.75) is 19.5 Å². The van der Waals surface area contributed by atoms with Crippen molar-refractivity contribution in [3.05, 3.63) is 33.1 Å². The summed E-state index contributed by atoms with van der Waals surface area (Å²) < 4.78 is 38.9. The van der Waals surface area contributed by atoms with Crippen LogP contribution in [0.3, 0.4) is 0 Å². The largest absolute Gasteiger partial charge is 0.506 e. The molecule has 0 radical (unpaired) electrons. The zero-order chi connectivity index (χ0) is 18.9. The molecule has 0 bridgehead atoms. The highest BCUT2D eigenvalue weighted by Crippen LogP contribution is 2.41. The predicted molar refractivity (Wildman–Crippen MR) is 78.6 cm³/mol. The van der Waals surface area contributed by atoms with Crippen molar-refractivity contribution in [2.75, 3.05) is 5.32 Å². The van der Waals surface area contributed by atoms with Crippen LogP contribution in [0.1, 0.15) is 18.9 Å². The lowest BCUT2D eigenvalue weighted by molar-refractivity contribution is -0.384. The number of amides is 1. The van der Waals surface area contributed by atoms with Gasteiger partial charge in [-0.1, -0.05) is 18.5 Å². The van der Waals surface area contributed by atoms with Gasteiger partial charge in [-0.2, -0.15) is 23.0 Å². The lowest BCUT2D eigenvalue weighted by Gasteiger charge is -2.13. The van der Waals surface area contributed by atoms with Gasteiger partial charge in [0, 0.05) is 12.6 Å². The maximum Gasteiger partial charge on any atom is 0.421 e. The summed E-state index contributed by atoms with van der Waals surface area (Å²) in [5.74, 6) is -2.90. The third kappa shape index (κ3) is 3.47. The molecule has 134 valence electrons. The topological polar surface area (TPSA) is 123 Å². The molecule has 0 atom stereocenters. The normalized spacial score (nSPS) is 11.4. The highest BCUT2D eigenvalue weighted by Gasteiger charge is 2.37. The summed E-state index contributed by atoms with van der Waals surface area (Å²) in [7, 11) is 0. The van der Waals surface area contributed by atoms with Crippen LogP contribution in [0.2, 0.25) is 5.02 Å². The number of carbonyl (C=O) groups excluding carboxylic acids is 1. The predicted octanol–water partition coefficient (Wildman–Crippen LogP) is 2.90. The Morgan fingerprint density at radius 1 is 1.48 bits per heavy atom. The Kier molecular flexibility index (Phi) is 4.83. The Labute approximate surface area is 142 Å². The first-order valence-corrected chi connectivity index (χ1v) is 6.93. The van der Waals surface area contributed by atoms with Crippen LogP contribution in [0.25, 0.3) is 5.82 Å². The molecule has 1 amide bonds. The van der Waals surface area contributed by atoms with Gasteiger partial charge in [-0.05, 0) is 0 Å². The van der Waals surface area contributed by atoms with Crippen LogP contribution in [0.5, 0.6) is 5.75 Å². The molecule has 13 heteroatoms. The molecular formula is C12H9ClF3N5O4. The van der Waals surface area contributed by atoms with E-state index >= 15 is 0 Å². The number of nitrogens with one attached hydrogen (secondary N) is 1. The van der Waals surface area contributed by atoms with E-state index in [1.165, 1.54) is 6.92 Å². The van der Waals surface area contributed by atoms with Crippen molar-refractivity contribution in [1.29, 1.82) is 0 Å². The summed E-state index contributed by atoms with van der Waals surface area (Å²) in [6.45, 7) is 1.48. The molecule has 2 N–H and O–H groups in total. The Bertz CT molecular complexity index is 852. The number of aromatic nitrogens is 3. The van der Waals surface area contributed by atoms with Crippen molar-refractivity contribution in [3.63, 3.8) is 0 Å². The fraction of sp³-hybridized carbons (Fsp3) is 0.250. The van der Waals surface area contributed by atoms with Crippen molar-refractivity contribution in [2.24, 2.45) is 0 Å². The molecule has 2 aromatic heterocycles. The number of carbonyl (C=O) groups is 1. The average Bonchev–Trinajstić information content (AvgIpc) is 2.92.